The number of amides is 3. The predicted molar refractivity (Wildman–Crippen MR) is 137 cm³/mol. The van der Waals surface area contributed by atoms with Crippen molar-refractivity contribution in [2.75, 3.05) is 73.6 Å². The van der Waals surface area contributed by atoms with Gasteiger partial charge in [0.1, 0.15) is 24.7 Å². The van der Waals surface area contributed by atoms with Gasteiger partial charge in [0.05, 0.1) is 57.4 Å². The predicted octanol–water partition coefficient (Wildman–Crippen LogP) is 0.555. The zero-order valence-electron chi connectivity index (χ0n) is 22.0. The molecule has 0 fully saturated rings. The lowest BCUT2D eigenvalue weighted by Gasteiger charge is -2.24. The maximum atomic E-state index is 13.2. The van der Waals surface area contributed by atoms with Crippen molar-refractivity contribution < 1.29 is 42.9 Å². The van der Waals surface area contributed by atoms with Crippen LogP contribution in [0.1, 0.15) is 33.6 Å². The quantitative estimate of drug-likeness (QED) is 0.130. The van der Waals surface area contributed by atoms with Crippen LogP contribution < -0.4 is 15.4 Å². The Bertz CT molecular complexity index is 954. The Morgan fingerprint density at radius 2 is 1.68 bits per heavy atom. The fraction of sp³-hybridized carbons (Fsp3) is 0.538. The van der Waals surface area contributed by atoms with Gasteiger partial charge in [-0.25, -0.2) is 0 Å². The summed E-state index contributed by atoms with van der Waals surface area (Å²) in [6.07, 6.45) is 0.701. The highest BCUT2D eigenvalue weighted by molar-refractivity contribution is 6.24. The molecular weight excluding hydrogens is 498 g/mol. The van der Waals surface area contributed by atoms with Gasteiger partial charge in [-0.15, -0.1) is 0 Å². The van der Waals surface area contributed by atoms with E-state index in [1.807, 2.05) is 0 Å². The van der Waals surface area contributed by atoms with Gasteiger partial charge in [-0.1, -0.05) is 12.6 Å². The van der Waals surface area contributed by atoms with Crippen LogP contribution >= 0.6 is 0 Å². The zero-order chi connectivity index (χ0) is 27.8. The minimum absolute atomic E-state index is 0.0291. The Morgan fingerprint density at radius 1 is 1.03 bits per heavy atom. The first-order valence-electron chi connectivity index (χ1n) is 12.4. The summed E-state index contributed by atoms with van der Waals surface area (Å²) in [5, 5.41) is 5.52. The number of methoxy groups -OCH3 is 1. The lowest BCUT2D eigenvalue weighted by Crippen LogP contribution is -2.48. The summed E-state index contributed by atoms with van der Waals surface area (Å²) in [5.41, 5.74) is 0.777. The fourth-order valence-corrected chi connectivity index (χ4v) is 3.65. The van der Waals surface area contributed by atoms with Crippen molar-refractivity contribution in [2.24, 2.45) is 0 Å². The molecule has 2 rings (SSSR count). The van der Waals surface area contributed by atoms with Crippen LogP contribution in [-0.4, -0.2) is 109 Å². The molecule has 12 nitrogen and oxygen atoms in total. The van der Waals surface area contributed by atoms with Crippen molar-refractivity contribution in [3.8, 4) is 5.75 Å². The van der Waals surface area contributed by atoms with Crippen LogP contribution in [0.15, 0.2) is 30.5 Å². The number of likely N-dealkylation sites (N-methyl/N-ethyl adjacent to an activating group) is 1. The number of benzene rings is 1. The van der Waals surface area contributed by atoms with Crippen LogP contribution in [-0.2, 0) is 28.5 Å². The molecule has 3 amide bonds. The maximum Gasteiger partial charge on any atom is 0.266 e. The summed E-state index contributed by atoms with van der Waals surface area (Å²) >= 11 is 0. The van der Waals surface area contributed by atoms with E-state index < -0.39 is 23.8 Å². The number of carbonyl (C=O) groups excluding carboxylic acids is 4. The number of nitrogens with zero attached hydrogens (tertiary/aromatic N) is 1. The molecule has 0 aromatic heterocycles. The van der Waals surface area contributed by atoms with Crippen molar-refractivity contribution in [3.63, 3.8) is 0 Å². The molecule has 1 aliphatic heterocycles. The van der Waals surface area contributed by atoms with Gasteiger partial charge in [-0.3, -0.25) is 19.3 Å². The second kappa shape index (κ2) is 17.2. The first kappa shape index (κ1) is 30.9. The van der Waals surface area contributed by atoms with E-state index in [-0.39, 0.29) is 36.3 Å². The van der Waals surface area contributed by atoms with Crippen LogP contribution in [0.25, 0.3) is 0 Å². The summed E-state index contributed by atoms with van der Waals surface area (Å²) in [5.74, 6) is -1.57. The van der Waals surface area contributed by atoms with Crippen LogP contribution in [0.3, 0.4) is 0 Å². The average Bonchev–Trinajstić information content (AvgIpc) is 3.18. The third-order valence-electron chi connectivity index (χ3n) is 5.53. The van der Waals surface area contributed by atoms with E-state index in [4.69, 9.17) is 23.7 Å². The van der Waals surface area contributed by atoms with E-state index in [2.05, 4.69) is 17.2 Å². The SMILES string of the molecule is C=C(COc1cccc2c1C(=O)N(C(CCC=O)C(=O)NC)C2=O)NCCOCCOCCOCCOC. The molecule has 0 bridgehead atoms. The van der Waals surface area contributed by atoms with Crippen molar-refractivity contribution in [3.05, 3.63) is 41.6 Å². The summed E-state index contributed by atoms with van der Waals surface area (Å²) in [6.45, 7) is 7.85. The number of carbonyl (C=O) groups is 4. The van der Waals surface area contributed by atoms with Crippen LogP contribution in [0.4, 0.5) is 0 Å². The molecule has 1 aromatic rings. The summed E-state index contributed by atoms with van der Waals surface area (Å²) in [7, 11) is 3.02. The Balaban J connectivity index is 1.77. The number of imide groups is 1. The molecule has 1 atom stereocenters. The van der Waals surface area contributed by atoms with Crippen LogP contribution in [0.2, 0.25) is 0 Å². The Labute approximate surface area is 222 Å². The van der Waals surface area contributed by atoms with Gasteiger partial charge in [0.25, 0.3) is 11.8 Å². The monoisotopic (exact) mass is 535 g/mol. The number of hydrogen-bond acceptors (Lipinski definition) is 10. The van der Waals surface area contributed by atoms with Crippen LogP contribution in [0, 0.1) is 0 Å². The molecule has 1 heterocycles. The van der Waals surface area contributed by atoms with E-state index in [0.29, 0.717) is 64.8 Å². The number of hydrogen-bond donors (Lipinski definition) is 2. The second-order valence-corrected chi connectivity index (χ2v) is 8.18. The molecule has 38 heavy (non-hydrogen) atoms. The van der Waals surface area contributed by atoms with Crippen LogP contribution in [0.5, 0.6) is 5.75 Å². The number of nitrogens with one attached hydrogen (secondary N) is 2. The highest BCUT2D eigenvalue weighted by Gasteiger charge is 2.44. The van der Waals surface area contributed by atoms with Crippen molar-refractivity contribution in [1.29, 1.82) is 0 Å². The summed E-state index contributed by atoms with van der Waals surface area (Å²) in [4.78, 5) is 50.2. The van der Waals surface area contributed by atoms with Gasteiger partial charge in [0.15, 0.2) is 0 Å². The van der Waals surface area contributed by atoms with Gasteiger partial charge in [0, 0.05) is 32.8 Å². The third-order valence-corrected chi connectivity index (χ3v) is 5.53. The van der Waals surface area contributed by atoms with Gasteiger partial charge in [-0.2, -0.15) is 0 Å². The van der Waals surface area contributed by atoms with E-state index >= 15 is 0 Å². The molecule has 0 saturated heterocycles. The van der Waals surface area contributed by atoms with Crippen molar-refractivity contribution in [1.82, 2.24) is 15.5 Å². The third kappa shape index (κ3) is 9.21. The fourth-order valence-electron chi connectivity index (χ4n) is 3.65. The maximum absolute atomic E-state index is 13.2. The average molecular weight is 536 g/mol. The Kier molecular flexibility index (Phi) is 14.0. The molecule has 1 aromatic carbocycles. The van der Waals surface area contributed by atoms with Gasteiger partial charge in [-0.05, 0) is 18.6 Å². The molecule has 0 saturated carbocycles. The number of fused-ring (bicyclic) bond motifs is 1. The van der Waals surface area contributed by atoms with Gasteiger partial charge < -0.3 is 39.1 Å². The smallest absolute Gasteiger partial charge is 0.266 e. The normalized spacial score (nSPS) is 13.3. The number of ether oxygens (including phenoxy) is 5. The van der Waals surface area contributed by atoms with E-state index in [0.717, 1.165) is 4.90 Å². The molecule has 0 aliphatic carbocycles. The molecule has 12 heteroatoms. The lowest BCUT2D eigenvalue weighted by molar-refractivity contribution is -0.124. The Morgan fingerprint density at radius 3 is 2.32 bits per heavy atom. The van der Waals surface area contributed by atoms with Crippen molar-refractivity contribution >= 4 is 24.0 Å². The van der Waals surface area contributed by atoms with E-state index in [1.165, 1.54) is 13.1 Å². The van der Waals surface area contributed by atoms with Crippen molar-refractivity contribution in [2.45, 2.75) is 18.9 Å². The summed E-state index contributed by atoms with van der Waals surface area (Å²) < 4.78 is 26.9. The molecule has 0 radical (unpaired) electrons. The summed E-state index contributed by atoms with van der Waals surface area (Å²) in [6, 6.07) is 3.58. The first-order valence-corrected chi connectivity index (χ1v) is 12.4. The van der Waals surface area contributed by atoms with Gasteiger partial charge >= 0.3 is 0 Å². The zero-order valence-corrected chi connectivity index (χ0v) is 22.0. The molecule has 2 N–H and O–H groups in total. The Hall–Kier alpha value is -3.32. The van der Waals surface area contributed by atoms with Gasteiger partial charge in [0.2, 0.25) is 5.91 Å². The number of rotatable bonds is 21. The highest BCUT2D eigenvalue weighted by atomic mass is 16.6. The molecule has 1 unspecified atom stereocenters. The topological polar surface area (TPSA) is 142 Å². The molecular formula is C26H37N3O9. The molecule has 0 spiro atoms. The molecule has 1 aliphatic rings. The van der Waals surface area contributed by atoms with E-state index in [1.54, 1.807) is 19.2 Å². The number of aldehydes is 1. The minimum atomic E-state index is -1.10. The highest BCUT2D eigenvalue weighted by Crippen LogP contribution is 2.33. The minimum Gasteiger partial charge on any atom is -0.487 e. The lowest BCUT2D eigenvalue weighted by atomic mass is 10.1. The largest absolute Gasteiger partial charge is 0.487 e. The second-order valence-electron chi connectivity index (χ2n) is 8.18. The standard InChI is InChI=1S/C26H37N3O9/c1-19(28-9-11-35-14-15-37-17-16-36-13-12-34-3)18-38-22-8-4-6-20-23(22)26(33)29(25(20)32)21(7-5-10-30)24(31)27-2/h4,6,8,10,21,28H,1,5,7,9,11-18H2,2-3H3,(H,27,31). The first-order chi connectivity index (χ1) is 18.5. The molecule has 210 valence electrons. The van der Waals surface area contributed by atoms with E-state index in [9.17, 15) is 19.2 Å².